The molecule has 0 bridgehead atoms. The van der Waals surface area contributed by atoms with Crippen LogP contribution in [0.3, 0.4) is 0 Å². The quantitative estimate of drug-likeness (QED) is 0.615. The average molecular weight is 277 g/mol. The number of nitrogens with zero attached hydrogens (tertiary/aromatic N) is 2. The van der Waals surface area contributed by atoms with E-state index in [0.29, 0.717) is 6.61 Å². The highest BCUT2D eigenvalue weighted by atomic mass is 16.5. The minimum absolute atomic E-state index is 0.702. The summed E-state index contributed by atoms with van der Waals surface area (Å²) < 4.78 is 5.46. The van der Waals surface area contributed by atoms with Crippen molar-refractivity contribution >= 4 is 5.96 Å². The summed E-state index contributed by atoms with van der Waals surface area (Å²) in [5.74, 6) is 1.88. The Morgan fingerprint density at radius 1 is 1.20 bits per heavy atom. The summed E-state index contributed by atoms with van der Waals surface area (Å²) in [5, 5.41) is 3.32. The molecule has 4 heteroatoms. The van der Waals surface area contributed by atoms with Gasteiger partial charge in [-0.2, -0.15) is 0 Å². The fourth-order valence-electron chi connectivity index (χ4n) is 1.89. The molecule has 0 saturated heterocycles. The van der Waals surface area contributed by atoms with Gasteiger partial charge in [-0.05, 0) is 38.0 Å². The van der Waals surface area contributed by atoms with Crippen molar-refractivity contribution in [2.75, 3.05) is 26.7 Å². The molecule has 0 aromatic heterocycles. The van der Waals surface area contributed by atoms with Crippen LogP contribution in [0.5, 0.6) is 5.75 Å². The number of aliphatic imine (C=N–C) groups is 1. The normalized spacial score (nSPS) is 11.3. The van der Waals surface area contributed by atoms with Gasteiger partial charge in [0.15, 0.2) is 5.96 Å². The van der Waals surface area contributed by atoms with Gasteiger partial charge in [0.2, 0.25) is 0 Å². The van der Waals surface area contributed by atoms with E-state index in [9.17, 15) is 0 Å². The minimum Gasteiger partial charge on any atom is -0.494 e. The van der Waals surface area contributed by atoms with Crippen LogP contribution in [0, 0.1) is 0 Å². The van der Waals surface area contributed by atoms with E-state index in [4.69, 9.17) is 4.74 Å². The second-order valence-electron chi connectivity index (χ2n) is 4.67. The fraction of sp³-hybridized carbons (Fsp3) is 0.562. The van der Waals surface area contributed by atoms with E-state index >= 15 is 0 Å². The molecule has 0 aliphatic heterocycles. The molecule has 0 heterocycles. The summed E-state index contributed by atoms with van der Waals surface area (Å²) >= 11 is 0. The Bertz CT molecular complexity index is 401. The molecule has 0 radical (unpaired) electrons. The zero-order valence-corrected chi connectivity index (χ0v) is 13.1. The highest BCUT2D eigenvalue weighted by molar-refractivity contribution is 5.79. The third-order valence-electron chi connectivity index (χ3n) is 2.84. The molecule has 1 rings (SSSR count). The van der Waals surface area contributed by atoms with E-state index in [-0.39, 0.29) is 0 Å². The molecular weight excluding hydrogens is 250 g/mol. The van der Waals surface area contributed by atoms with Crippen molar-refractivity contribution < 1.29 is 4.74 Å². The van der Waals surface area contributed by atoms with Crippen LogP contribution in [0.25, 0.3) is 0 Å². The first kappa shape index (κ1) is 16.3. The lowest BCUT2D eigenvalue weighted by molar-refractivity contribution is 0.340. The maximum atomic E-state index is 5.46. The highest BCUT2D eigenvalue weighted by Crippen LogP contribution is 2.13. The molecule has 0 aliphatic carbocycles. The van der Waals surface area contributed by atoms with Crippen molar-refractivity contribution in [1.82, 2.24) is 10.2 Å². The van der Waals surface area contributed by atoms with E-state index in [0.717, 1.165) is 37.8 Å². The standard InChI is InChI=1S/C16H27N3O/c1-5-12-18-16(17-6-2)19(4)13-14-8-10-15(11-9-14)20-7-3/h8-11H,5-7,12-13H2,1-4H3,(H,17,18). The van der Waals surface area contributed by atoms with E-state index in [2.05, 4.69) is 48.2 Å². The number of guanidine groups is 1. The van der Waals surface area contributed by atoms with Crippen molar-refractivity contribution in [3.63, 3.8) is 0 Å². The smallest absolute Gasteiger partial charge is 0.193 e. The van der Waals surface area contributed by atoms with E-state index < -0.39 is 0 Å². The lowest BCUT2D eigenvalue weighted by atomic mass is 10.2. The molecule has 0 saturated carbocycles. The maximum Gasteiger partial charge on any atom is 0.193 e. The number of benzene rings is 1. The molecule has 4 nitrogen and oxygen atoms in total. The summed E-state index contributed by atoms with van der Waals surface area (Å²) in [6.07, 6.45) is 1.06. The number of rotatable bonds is 7. The second kappa shape index (κ2) is 9.23. The van der Waals surface area contributed by atoms with Crippen LogP contribution < -0.4 is 10.1 Å². The van der Waals surface area contributed by atoms with Crippen LogP contribution in [0.4, 0.5) is 0 Å². The highest BCUT2D eigenvalue weighted by Gasteiger charge is 2.06. The maximum absolute atomic E-state index is 5.46. The predicted octanol–water partition coefficient (Wildman–Crippen LogP) is 2.89. The largest absolute Gasteiger partial charge is 0.494 e. The van der Waals surface area contributed by atoms with E-state index in [1.807, 2.05) is 19.1 Å². The predicted molar refractivity (Wildman–Crippen MR) is 85.3 cm³/mol. The van der Waals surface area contributed by atoms with Gasteiger partial charge in [0, 0.05) is 26.7 Å². The molecule has 0 aliphatic rings. The minimum atomic E-state index is 0.702. The first-order valence-corrected chi connectivity index (χ1v) is 7.42. The molecular formula is C16H27N3O. The summed E-state index contributed by atoms with van der Waals surface area (Å²) in [6.45, 7) is 9.50. The van der Waals surface area contributed by atoms with Crippen molar-refractivity contribution in [1.29, 1.82) is 0 Å². The Hall–Kier alpha value is -1.71. The molecule has 0 unspecified atom stereocenters. The number of nitrogens with one attached hydrogen (secondary N) is 1. The summed E-state index contributed by atoms with van der Waals surface area (Å²) in [4.78, 5) is 6.73. The zero-order valence-electron chi connectivity index (χ0n) is 13.1. The van der Waals surface area contributed by atoms with Crippen LogP contribution in [0.15, 0.2) is 29.3 Å². The van der Waals surface area contributed by atoms with E-state index in [1.165, 1.54) is 5.56 Å². The van der Waals surface area contributed by atoms with Crippen molar-refractivity contribution in [3.05, 3.63) is 29.8 Å². The first-order chi connectivity index (χ1) is 9.71. The first-order valence-electron chi connectivity index (χ1n) is 7.42. The third-order valence-corrected chi connectivity index (χ3v) is 2.84. The van der Waals surface area contributed by atoms with Crippen molar-refractivity contribution in [2.24, 2.45) is 4.99 Å². The second-order valence-corrected chi connectivity index (χ2v) is 4.67. The lowest BCUT2D eigenvalue weighted by Gasteiger charge is -2.22. The topological polar surface area (TPSA) is 36.9 Å². The molecule has 1 aromatic rings. The molecule has 1 aromatic carbocycles. The molecule has 0 amide bonds. The van der Waals surface area contributed by atoms with Crippen LogP contribution in [0.2, 0.25) is 0 Å². The Balaban J connectivity index is 2.64. The van der Waals surface area contributed by atoms with Gasteiger partial charge in [-0.3, -0.25) is 4.99 Å². The van der Waals surface area contributed by atoms with Gasteiger partial charge in [-0.1, -0.05) is 19.1 Å². The SMILES string of the molecule is CCCN=C(NCC)N(C)Cc1ccc(OCC)cc1. The summed E-state index contributed by atoms with van der Waals surface area (Å²) in [5.41, 5.74) is 1.25. The van der Waals surface area contributed by atoms with Gasteiger partial charge < -0.3 is 15.0 Å². The number of ether oxygens (including phenoxy) is 1. The number of hydrogen-bond donors (Lipinski definition) is 1. The lowest BCUT2D eigenvalue weighted by Crippen LogP contribution is -2.38. The Kier molecular flexibility index (Phi) is 7.55. The monoisotopic (exact) mass is 277 g/mol. The van der Waals surface area contributed by atoms with Crippen molar-refractivity contribution in [3.8, 4) is 5.75 Å². The van der Waals surface area contributed by atoms with Gasteiger partial charge in [0.05, 0.1) is 6.61 Å². The number of hydrogen-bond acceptors (Lipinski definition) is 2. The Morgan fingerprint density at radius 3 is 2.45 bits per heavy atom. The summed E-state index contributed by atoms with van der Waals surface area (Å²) in [6, 6.07) is 8.24. The third kappa shape index (κ3) is 5.51. The molecule has 1 N–H and O–H groups in total. The van der Waals surface area contributed by atoms with Crippen LogP contribution >= 0.6 is 0 Å². The fourth-order valence-corrected chi connectivity index (χ4v) is 1.89. The van der Waals surface area contributed by atoms with Crippen LogP contribution in [-0.4, -0.2) is 37.6 Å². The Labute approximate surface area is 122 Å². The molecule has 0 spiro atoms. The van der Waals surface area contributed by atoms with Gasteiger partial charge in [-0.15, -0.1) is 0 Å². The van der Waals surface area contributed by atoms with Crippen LogP contribution in [0.1, 0.15) is 32.8 Å². The van der Waals surface area contributed by atoms with Crippen LogP contribution in [-0.2, 0) is 6.54 Å². The molecule has 112 valence electrons. The van der Waals surface area contributed by atoms with Gasteiger partial charge in [-0.25, -0.2) is 0 Å². The molecule has 0 fully saturated rings. The Morgan fingerprint density at radius 2 is 1.90 bits per heavy atom. The zero-order chi connectivity index (χ0) is 14.8. The average Bonchev–Trinajstić information content (AvgIpc) is 2.45. The van der Waals surface area contributed by atoms with Gasteiger partial charge in [0.25, 0.3) is 0 Å². The van der Waals surface area contributed by atoms with Gasteiger partial charge in [0.1, 0.15) is 5.75 Å². The van der Waals surface area contributed by atoms with E-state index in [1.54, 1.807) is 0 Å². The molecule has 0 atom stereocenters. The van der Waals surface area contributed by atoms with Crippen molar-refractivity contribution in [2.45, 2.75) is 33.7 Å². The summed E-state index contributed by atoms with van der Waals surface area (Å²) in [7, 11) is 2.06. The van der Waals surface area contributed by atoms with Gasteiger partial charge >= 0.3 is 0 Å². The molecule has 20 heavy (non-hydrogen) atoms.